The van der Waals surface area contributed by atoms with Gasteiger partial charge in [-0.1, -0.05) is 25.8 Å². The second-order valence-electron chi connectivity index (χ2n) is 14.1. The van der Waals surface area contributed by atoms with Crippen LogP contribution in [0.15, 0.2) is 37.1 Å². The van der Waals surface area contributed by atoms with Gasteiger partial charge in [0.15, 0.2) is 6.29 Å². The summed E-state index contributed by atoms with van der Waals surface area (Å²) in [4.78, 5) is 48.1. The molecule has 3 N–H and O–H groups in total. The number of fused-ring (bicyclic) bond motifs is 3. The molecule has 3 fully saturated rings. The van der Waals surface area contributed by atoms with Gasteiger partial charge in [-0.3, -0.25) is 9.59 Å². The number of carbonyl (C=O) groups is 3. The number of nitrogens with one attached hydrogen (secondary N) is 2. The molecule has 3 unspecified atom stereocenters. The normalized spacial score (nSPS) is 30.1. The van der Waals surface area contributed by atoms with Crippen molar-refractivity contribution >= 4 is 28.7 Å². The number of hydrogen-bond acceptors (Lipinski definition) is 9. The number of benzene rings is 1. The number of pyridine rings is 1. The summed E-state index contributed by atoms with van der Waals surface area (Å²) in [6.45, 7) is 8.28. The summed E-state index contributed by atoms with van der Waals surface area (Å²) in [6, 6.07) is 4.16. The van der Waals surface area contributed by atoms with Crippen molar-refractivity contribution in [3.8, 4) is 11.6 Å². The molecule has 2 saturated carbocycles. The first-order valence-corrected chi connectivity index (χ1v) is 17.8. The summed E-state index contributed by atoms with van der Waals surface area (Å²) < 4.78 is 23.5. The number of carbonyl (C=O) groups excluding carboxylic acids is 3. The minimum Gasteiger partial charge on any atom is -0.496 e. The minimum atomic E-state index is -1.24. The molecular formula is C37H50N4O8. The van der Waals surface area contributed by atoms with Crippen LogP contribution in [0.3, 0.4) is 0 Å². The fraction of sp³-hybridized carbons (Fsp3) is 0.622. The van der Waals surface area contributed by atoms with Crippen molar-refractivity contribution in [2.75, 3.05) is 26.9 Å². The quantitative estimate of drug-likeness (QED) is 0.275. The highest BCUT2D eigenvalue weighted by Gasteiger charge is 2.60. The van der Waals surface area contributed by atoms with Crippen LogP contribution in [0.5, 0.6) is 11.6 Å². The molecule has 1 saturated heterocycles. The van der Waals surface area contributed by atoms with Gasteiger partial charge in [0.1, 0.15) is 23.9 Å². The summed E-state index contributed by atoms with van der Waals surface area (Å²) in [5, 5.41) is 18.5. The van der Waals surface area contributed by atoms with Gasteiger partial charge in [-0.15, -0.1) is 6.58 Å². The van der Waals surface area contributed by atoms with Crippen molar-refractivity contribution in [2.45, 2.75) is 102 Å². The van der Waals surface area contributed by atoms with Crippen LogP contribution in [-0.4, -0.2) is 89.8 Å². The lowest BCUT2D eigenvalue weighted by Gasteiger charge is -2.32. The molecule has 4 bridgehead atoms. The topological polar surface area (TPSA) is 149 Å². The molecular weight excluding hydrogens is 628 g/mol. The molecule has 2 aliphatic heterocycles. The predicted molar refractivity (Wildman–Crippen MR) is 182 cm³/mol. The van der Waals surface area contributed by atoms with Gasteiger partial charge in [-0.2, -0.15) is 0 Å². The number of cyclic esters (lactones) is 1. The highest BCUT2D eigenvalue weighted by atomic mass is 16.6. The molecule has 266 valence electrons. The molecule has 3 amide bonds. The van der Waals surface area contributed by atoms with Crippen molar-refractivity contribution < 1.29 is 38.4 Å². The Balaban J connectivity index is 1.36. The van der Waals surface area contributed by atoms with E-state index in [2.05, 4.69) is 22.2 Å². The van der Waals surface area contributed by atoms with E-state index in [-0.39, 0.29) is 49.8 Å². The maximum atomic E-state index is 14.6. The van der Waals surface area contributed by atoms with Crippen LogP contribution < -0.4 is 20.1 Å². The molecule has 0 radical (unpaired) electrons. The van der Waals surface area contributed by atoms with Gasteiger partial charge in [-0.05, 0) is 86.4 Å². The maximum Gasteiger partial charge on any atom is 0.407 e. The van der Waals surface area contributed by atoms with Crippen LogP contribution in [0, 0.1) is 17.8 Å². The summed E-state index contributed by atoms with van der Waals surface area (Å²) in [7, 11) is 1.65. The van der Waals surface area contributed by atoms with Crippen LogP contribution in [0.2, 0.25) is 0 Å². The van der Waals surface area contributed by atoms with Gasteiger partial charge in [0.2, 0.25) is 17.7 Å². The summed E-state index contributed by atoms with van der Waals surface area (Å²) in [5.41, 5.74) is -0.0237. The molecule has 4 aliphatic rings. The van der Waals surface area contributed by atoms with E-state index >= 15 is 0 Å². The Kier molecular flexibility index (Phi) is 10.6. The lowest BCUT2D eigenvalue weighted by Crippen LogP contribution is -2.58. The summed E-state index contributed by atoms with van der Waals surface area (Å²) >= 11 is 0. The molecule has 3 heterocycles. The number of hydrogen-bond donors (Lipinski definition) is 3. The van der Waals surface area contributed by atoms with E-state index in [4.69, 9.17) is 18.9 Å². The number of aliphatic hydroxyl groups excluding tert-OH is 1. The molecule has 12 heteroatoms. The SMILES string of the molecule is C=CC1CC1(NC(=O)[C@@H]1C[C@@H]2CN1C(=O)[C@H](C1CCCC1)NC(=O)OC[C@H](C)CCCc1cc3c(nccc3cc1OC)O2)C(O)OCC. The third kappa shape index (κ3) is 7.35. The van der Waals surface area contributed by atoms with Crippen LogP contribution in [0.1, 0.15) is 70.8 Å². The maximum absolute atomic E-state index is 14.6. The van der Waals surface area contributed by atoms with E-state index < -0.39 is 42.0 Å². The standard InChI is InChI=1S/C37H50N4O8/c1-5-26-19-37(26,35(44)47-6-2)40-32(42)29-18-27-20-41(29)34(43)31(23-11-7-8-12-23)39-36(45)48-21-22(3)10-9-13-25-16-28-24(17-30(25)46-4)14-15-38-33(28)49-27/h5,14-17,22-23,26-27,29,31,35,44H,1,6-13,18-21H2,2-4H3,(H,39,45)(H,40,42)/t22-,26?,27-,29+,31+,35?,37?/m1/s1. The summed E-state index contributed by atoms with van der Waals surface area (Å²) in [6.07, 6.45) is 7.52. The van der Waals surface area contributed by atoms with Crippen molar-refractivity contribution in [2.24, 2.45) is 17.8 Å². The number of alkyl carbamates (subject to hydrolysis) is 1. The van der Waals surface area contributed by atoms with E-state index in [0.29, 0.717) is 12.3 Å². The van der Waals surface area contributed by atoms with Crippen molar-refractivity contribution in [3.63, 3.8) is 0 Å². The predicted octanol–water partition coefficient (Wildman–Crippen LogP) is 4.26. The smallest absolute Gasteiger partial charge is 0.407 e. The second kappa shape index (κ2) is 14.9. The number of aryl methyl sites for hydroxylation is 1. The van der Waals surface area contributed by atoms with Crippen LogP contribution >= 0.6 is 0 Å². The molecule has 7 atom stereocenters. The van der Waals surface area contributed by atoms with E-state index in [1.807, 2.05) is 25.1 Å². The minimum absolute atomic E-state index is 0.0837. The molecule has 6 rings (SSSR count). The monoisotopic (exact) mass is 678 g/mol. The fourth-order valence-corrected chi connectivity index (χ4v) is 7.90. The molecule has 1 aromatic heterocycles. The van der Waals surface area contributed by atoms with Crippen LogP contribution in [0.25, 0.3) is 10.8 Å². The number of methoxy groups -OCH3 is 1. The fourth-order valence-electron chi connectivity index (χ4n) is 7.90. The highest BCUT2D eigenvalue weighted by molar-refractivity contribution is 5.93. The van der Waals surface area contributed by atoms with Crippen molar-refractivity contribution in [3.05, 3.63) is 42.6 Å². The number of amides is 3. The van der Waals surface area contributed by atoms with E-state index in [1.54, 1.807) is 26.3 Å². The van der Waals surface area contributed by atoms with Crippen LogP contribution in [0.4, 0.5) is 4.79 Å². The number of nitrogens with zero attached hydrogens (tertiary/aromatic N) is 2. The number of ether oxygens (including phenoxy) is 4. The van der Waals surface area contributed by atoms with Gasteiger partial charge >= 0.3 is 6.09 Å². The van der Waals surface area contributed by atoms with Gasteiger partial charge in [-0.25, -0.2) is 9.78 Å². The number of aromatic nitrogens is 1. The first-order valence-electron chi connectivity index (χ1n) is 17.8. The second-order valence-corrected chi connectivity index (χ2v) is 14.1. The summed E-state index contributed by atoms with van der Waals surface area (Å²) in [5.74, 6) is 0.252. The molecule has 2 aliphatic carbocycles. The Labute approximate surface area is 287 Å². The highest BCUT2D eigenvalue weighted by Crippen LogP contribution is 2.48. The Hall–Kier alpha value is -3.90. The molecule has 1 aromatic carbocycles. The van der Waals surface area contributed by atoms with E-state index in [9.17, 15) is 19.5 Å². The third-order valence-electron chi connectivity index (χ3n) is 10.8. The Morgan fingerprint density at radius 1 is 1.27 bits per heavy atom. The first kappa shape index (κ1) is 34.9. The largest absolute Gasteiger partial charge is 0.496 e. The lowest BCUT2D eigenvalue weighted by atomic mass is 9.96. The molecule has 2 aromatic rings. The molecule has 12 nitrogen and oxygen atoms in total. The van der Waals surface area contributed by atoms with Crippen LogP contribution in [-0.2, 0) is 25.5 Å². The van der Waals surface area contributed by atoms with Crippen molar-refractivity contribution in [1.82, 2.24) is 20.5 Å². The lowest BCUT2D eigenvalue weighted by molar-refractivity contribution is -0.148. The Morgan fingerprint density at radius 3 is 2.78 bits per heavy atom. The first-order chi connectivity index (χ1) is 23.7. The average molecular weight is 679 g/mol. The third-order valence-corrected chi connectivity index (χ3v) is 10.8. The zero-order chi connectivity index (χ0) is 34.7. The van der Waals surface area contributed by atoms with E-state index in [0.717, 1.165) is 67.0 Å². The Bertz CT molecular complexity index is 1550. The van der Waals surface area contributed by atoms with Gasteiger partial charge in [0.25, 0.3) is 0 Å². The number of rotatable bonds is 8. The van der Waals surface area contributed by atoms with Crippen molar-refractivity contribution in [1.29, 1.82) is 0 Å². The zero-order valence-corrected chi connectivity index (χ0v) is 28.8. The number of aliphatic hydroxyl groups is 1. The van der Waals surface area contributed by atoms with Gasteiger partial charge < -0.3 is 39.6 Å². The van der Waals surface area contributed by atoms with E-state index in [1.165, 1.54) is 4.90 Å². The molecule has 0 spiro atoms. The Morgan fingerprint density at radius 2 is 2.06 bits per heavy atom. The molecule has 49 heavy (non-hydrogen) atoms. The average Bonchev–Trinajstić information content (AvgIpc) is 3.38. The van der Waals surface area contributed by atoms with Gasteiger partial charge in [0.05, 0.1) is 25.8 Å². The zero-order valence-electron chi connectivity index (χ0n) is 28.8. The van der Waals surface area contributed by atoms with Gasteiger partial charge in [0, 0.05) is 30.5 Å².